The predicted molar refractivity (Wildman–Crippen MR) is 251 cm³/mol. The summed E-state index contributed by atoms with van der Waals surface area (Å²) in [4.78, 5) is 28.2. The summed E-state index contributed by atoms with van der Waals surface area (Å²) in [7, 11) is 0. The molecule has 18 bridgehead atoms. The number of rotatable bonds is 0. The van der Waals surface area contributed by atoms with Crippen molar-refractivity contribution in [2.24, 2.45) is 0 Å². The van der Waals surface area contributed by atoms with Crippen LogP contribution in [0.4, 0.5) is 0 Å². The molecule has 0 amide bonds. The Morgan fingerprint density at radius 3 is 1.22 bits per heavy atom. The molecule has 0 saturated heterocycles. The Bertz CT molecular complexity index is 4260. The van der Waals surface area contributed by atoms with E-state index in [-0.39, 0.29) is 11.5 Å². The summed E-state index contributed by atoms with van der Waals surface area (Å²) in [6.07, 6.45) is 8.08. The summed E-state index contributed by atoms with van der Waals surface area (Å²) in [5.74, 6) is 0.300. The second-order valence-electron chi connectivity index (χ2n) is 16.4. The highest BCUT2D eigenvalue weighted by molar-refractivity contribution is 6.02. The standard InChI is InChI=1S/C56H34N6O2/c63-41-17-19-43-31-1-5-33(6-2-31)47-21-11-35-9-10-36-12-22-48(62-56(36)55(35)61-47)34-7-3-32(4-8-34)44-20-18-42(64)30-46(44)54-51-25-15-39(59-51)27-37-13-23-49(57-37)53(45(43)29-41)50-24-14-38(58-50)28-40-16-26-52(54)60-40/h1-30,57,60,63-64H. The number of benzene rings is 5. The molecule has 6 aliphatic rings. The largest absolute Gasteiger partial charge is 0.508 e. The van der Waals surface area contributed by atoms with Gasteiger partial charge in [0.05, 0.1) is 44.5 Å². The quantitative estimate of drug-likeness (QED) is 0.113. The number of aromatic hydroxyl groups is 2. The molecular formula is C56H34N6O2. The van der Waals surface area contributed by atoms with E-state index in [0.717, 1.165) is 130 Å². The van der Waals surface area contributed by atoms with Gasteiger partial charge in [0.15, 0.2) is 0 Å². The lowest BCUT2D eigenvalue weighted by molar-refractivity contribution is 0.474. The molecule has 0 unspecified atom stereocenters. The zero-order valence-corrected chi connectivity index (χ0v) is 34.0. The predicted octanol–water partition coefficient (Wildman–Crippen LogP) is 11.2. The molecule has 5 aromatic heterocycles. The summed E-state index contributed by atoms with van der Waals surface area (Å²) in [6, 6.07) is 52.7. The van der Waals surface area contributed by atoms with Crippen LogP contribution < -0.4 is 0 Å². The Hall–Kier alpha value is -8.88. The van der Waals surface area contributed by atoms with Crippen molar-refractivity contribution in [3.63, 3.8) is 0 Å². The van der Waals surface area contributed by atoms with E-state index in [9.17, 15) is 10.2 Å². The van der Waals surface area contributed by atoms with Crippen LogP contribution in [-0.4, -0.2) is 40.1 Å². The summed E-state index contributed by atoms with van der Waals surface area (Å²) in [6.45, 7) is 0. The van der Waals surface area contributed by atoms with Gasteiger partial charge in [-0.25, -0.2) is 19.9 Å². The normalized spacial score (nSPS) is 12.4. The van der Waals surface area contributed by atoms with Gasteiger partial charge in [0.1, 0.15) is 11.5 Å². The second-order valence-corrected chi connectivity index (χ2v) is 16.4. The van der Waals surface area contributed by atoms with E-state index in [1.54, 1.807) is 12.1 Å². The van der Waals surface area contributed by atoms with E-state index >= 15 is 0 Å². The topological polar surface area (TPSA) is 124 Å². The first-order valence-corrected chi connectivity index (χ1v) is 21.1. The average molecular weight is 823 g/mol. The number of phenols is 2. The third-order valence-corrected chi connectivity index (χ3v) is 12.4. The molecule has 5 aromatic carbocycles. The molecule has 300 valence electrons. The lowest BCUT2D eigenvalue weighted by atomic mass is 10.1. The molecule has 0 fully saturated rings. The maximum Gasteiger partial charge on any atom is 0.116 e. The van der Waals surface area contributed by atoms with E-state index < -0.39 is 0 Å². The smallest absolute Gasteiger partial charge is 0.116 e. The van der Waals surface area contributed by atoms with E-state index in [2.05, 4.69) is 107 Å². The fourth-order valence-electron chi connectivity index (χ4n) is 9.35. The maximum absolute atomic E-state index is 11.1. The van der Waals surface area contributed by atoms with Crippen molar-refractivity contribution in [2.75, 3.05) is 0 Å². The molecule has 16 rings (SSSR count). The van der Waals surface area contributed by atoms with Crippen LogP contribution in [0.15, 0.2) is 158 Å². The monoisotopic (exact) mass is 822 g/mol. The number of hydrogen-bond acceptors (Lipinski definition) is 6. The van der Waals surface area contributed by atoms with Crippen LogP contribution in [0.2, 0.25) is 0 Å². The number of aromatic amines is 2. The number of hydrogen-bond donors (Lipinski definition) is 4. The third-order valence-electron chi connectivity index (χ3n) is 12.4. The van der Waals surface area contributed by atoms with Gasteiger partial charge in [-0.05, 0) is 128 Å². The highest BCUT2D eigenvalue weighted by Gasteiger charge is 2.10. The molecular weight excluding hydrogens is 789 g/mol. The van der Waals surface area contributed by atoms with Gasteiger partial charge in [0.25, 0.3) is 0 Å². The number of nitrogens with one attached hydrogen (secondary N) is 2. The van der Waals surface area contributed by atoms with Crippen LogP contribution in [0.5, 0.6) is 11.5 Å². The second kappa shape index (κ2) is 13.8. The van der Waals surface area contributed by atoms with Gasteiger partial charge < -0.3 is 20.2 Å². The minimum Gasteiger partial charge on any atom is -0.508 e. The number of fused-ring (bicyclic) bond motifs is 2. The molecule has 0 atom stereocenters. The molecule has 6 aliphatic heterocycles. The van der Waals surface area contributed by atoms with Gasteiger partial charge in [-0.15, -0.1) is 0 Å². The number of nitrogens with zero attached hydrogens (tertiary/aromatic N) is 4. The lowest BCUT2D eigenvalue weighted by Crippen LogP contribution is -1.89. The van der Waals surface area contributed by atoms with Crippen molar-refractivity contribution >= 4 is 68.2 Å². The fourth-order valence-corrected chi connectivity index (χ4v) is 9.35. The van der Waals surface area contributed by atoms with Crippen molar-refractivity contribution < 1.29 is 10.2 Å². The molecule has 8 heteroatoms. The molecule has 8 nitrogen and oxygen atoms in total. The van der Waals surface area contributed by atoms with Crippen LogP contribution in [0.1, 0.15) is 22.8 Å². The summed E-state index contributed by atoms with van der Waals surface area (Å²) in [5, 5.41) is 35.0. The zero-order valence-electron chi connectivity index (χ0n) is 34.0. The molecule has 0 spiro atoms. The van der Waals surface area contributed by atoms with E-state index in [4.69, 9.17) is 19.9 Å². The van der Waals surface area contributed by atoms with Crippen molar-refractivity contribution in [2.45, 2.75) is 0 Å². The number of phenolic OH excluding ortho intramolecular Hbond substituents is 2. The SMILES string of the molecule is Oc1ccc2c(c1)=c1c3nc(cc4ccc([nH]4)c(c4nc(cc5ccc1[nH]5)C=C4)=c1cc(O)ccc1=c1ccc(cc1)=c1ccc4ccc5ccc(nc5c4n1)=c1ccc=2cc1)C=C3. The van der Waals surface area contributed by atoms with E-state index in [1.165, 1.54) is 0 Å². The maximum atomic E-state index is 11.1. The van der Waals surface area contributed by atoms with E-state index in [1.807, 2.05) is 72.8 Å². The lowest BCUT2D eigenvalue weighted by Gasteiger charge is -2.03. The van der Waals surface area contributed by atoms with Crippen molar-refractivity contribution in [1.29, 1.82) is 0 Å². The average Bonchev–Trinajstić information content (AvgIpc) is 4.17. The zero-order chi connectivity index (χ0) is 42.5. The highest BCUT2D eigenvalue weighted by Crippen LogP contribution is 2.25. The Morgan fingerprint density at radius 1 is 0.344 bits per heavy atom. The highest BCUT2D eigenvalue weighted by atomic mass is 16.3. The van der Waals surface area contributed by atoms with Crippen molar-refractivity contribution in [1.82, 2.24) is 29.9 Å². The minimum absolute atomic E-state index is 0.150. The van der Waals surface area contributed by atoms with Crippen LogP contribution in [0, 0.1) is 62.9 Å². The first-order valence-electron chi connectivity index (χ1n) is 21.1. The summed E-state index contributed by atoms with van der Waals surface area (Å²) in [5.41, 5.74) is 8.09. The first-order chi connectivity index (χ1) is 31.4. The molecule has 11 heterocycles. The van der Waals surface area contributed by atoms with Gasteiger partial charge in [0, 0.05) is 53.7 Å². The molecule has 0 radical (unpaired) electrons. The summed E-state index contributed by atoms with van der Waals surface area (Å²) >= 11 is 0. The van der Waals surface area contributed by atoms with Crippen LogP contribution in [-0.2, 0) is 0 Å². The molecule has 0 aliphatic carbocycles. The summed E-state index contributed by atoms with van der Waals surface area (Å²) < 4.78 is 0. The Kier molecular flexibility index (Phi) is 7.74. The van der Waals surface area contributed by atoms with Crippen molar-refractivity contribution in [3.05, 3.63) is 243 Å². The molecule has 64 heavy (non-hydrogen) atoms. The molecule has 0 saturated carbocycles. The van der Waals surface area contributed by atoms with Gasteiger partial charge in [0.2, 0.25) is 0 Å². The Labute approximate surface area is 361 Å². The van der Waals surface area contributed by atoms with Crippen LogP contribution in [0.3, 0.4) is 0 Å². The van der Waals surface area contributed by atoms with E-state index in [0.29, 0.717) is 0 Å². The number of aromatic nitrogens is 6. The first kappa shape index (κ1) is 35.8. The van der Waals surface area contributed by atoms with Gasteiger partial charge >= 0.3 is 0 Å². The fraction of sp³-hybridized carbons (Fsp3) is 0. The van der Waals surface area contributed by atoms with Crippen LogP contribution >= 0.6 is 0 Å². The van der Waals surface area contributed by atoms with Gasteiger partial charge in [-0.1, -0.05) is 84.9 Å². The van der Waals surface area contributed by atoms with Crippen LogP contribution in [0.25, 0.3) is 68.2 Å². The number of H-pyrrole nitrogens is 2. The molecule has 10 aromatic rings. The van der Waals surface area contributed by atoms with Gasteiger partial charge in [-0.3, -0.25) is 0 Å². The Balaban J connectivity index is 1.31. The Morgan fingerprint density at radius 2 is 0.766 bits per heavy atom. The van der Waals surface area contributed by atoms with Crippen molar-refractivity contribution in [3.8, 4) is 11.5 Å². The third kappa shape index (κ3) is 5.92. The number of pyridine rings is 2. The molecule has 4 N–H and O–H groups in total. The van der Waals surface area contributed by atoms with Gasteiger partial charge in [-0.2, -0.15) is 0 Å². The minimum atomic E-state index is 0.150.